The number of ketones is 1. The smallest absolute Gasteiger partial charge is 0.315 e. The van der Waals surface area contributed by atoms with Gasteiger partial charge in [-0.1, -0.05) is 42.5 Å². The van der Waals surface area contributed by atoms with Crippen LogP contribution in [-0.2, 0) is 19.1 Å². The summed E-state index contributed by atoms with van der Waals surface area (Å²) in [5.74, 6) is -1.43. The SMILES string of the molecule is COCCOC(=O)C1C(C)=NC2=C(C(=O)C[C@H](c3ccccc3)C2)[C@H]1c1ccc(O)cc1. The number of phenolic OH excluding ortho intramolecular Hbond substituents is 1. The molecule has 1 unspecified atom stereocenters. The van der Waals surface area contributed by atoms with Gasteiger partial charge >= 0.3 is 5.97 Å². The first-order valence-corrected chi connectivity index (χ1v) is 10.8. The number of esters is 1. The van der Waals surface area contributed by atoms with Crippen molar-refractivity contribution >= 4 is 17.5 Å². The van der Waals surface area contributed by atoms with E-state index in [0.717, 1.165) is 16.8 Å². The summed E-state index contributed by atoms with van der Waals surface area (Å²) in [7, 11) is 1.54. The predicted octanol–water partition coefficient (Wildman–Crippen LogP) is 4.16. The first-order chi connectivity index (χ1) is 15.5. The number of allylic oxidation sites excluding steroid dienone is 2. The lowest BCUT2D eigenvalue weighted by Gasteiger charge is -2.36. The molecule has 1 aliphatic heterocycles. The fourth-order valence-electron chi connectivity index (χ4n) is 4.68. The van der Waals surface area contributed by atoms with E-state index in [4.69, 9.17) is 14.5 Å². The third-order valence-corrected chi connectivity index (χ3v) is 6.20. The van der Waals surface area contributed by atoms with Crippen LogP contribution in [0.25, 0.3) is 0 Å². The Hall–Kier alpha value is -3.25. The van der Waals surface area contributed by atoms with Crippen molar-refractivity contribution in [3.05, 3.63) is 77.0 Å². The zero-order valence-electron chi connectivity index (χ0n) is 18.3. The number of rotatable bonds is 6. The van der Waals surface area contributed by atoms with Gasteiger partial charge < -0.3 is 14.6 Å². The largest absolute Gasteiger partial charge is 0.508 e. The summed E-state index contributed by atoms with van der Waals surface area (Å²) in [6.07, 6.45) is 1.01. The number of Topliss-reactive ketones (excluding diaryl/α,β-unsaturated/α-hetero) is 1. The molecule has 0 fully saturated rings. The molecule has 0 spiro atoms. The van der Waals surface area contributed by atoms with Gasteiger partial charge in [-0.3, -0.25) is 14.6 Å². The molecule has 2 aliphatic rings. The lowest BCUT2D eigenvalue weighted by Crippen LogP contribution is -2.38. The maximum atomic E-state index is 13.4. The van der Waals surface area contributed by atoms with Crippen LogP contribution in [0.2, 0.25) is 0 Å². The standard InChI is InChI=1S/C26H27NO5/c1-16-23(26(30)32-13-12-31-2)24(18-8-10-20(28)11-9-18)25-21(27-16)14-19(15-22(25)29)17-6-4-3-5-7-17/h3-11,19,23-24,28H,12-15H2,1-2H3/t19-,23?,24+/m1/s1. The van der Waals surface area contributed by atoms with Crippen molar-refractivity contribution < 1.29 is 24.2 Å². The molecule has 2 aromatic carbocycles. The fourth-order valence-corrected chi connectivity index (χ4v) is 4.68. The Labute approximate surface area is 187 Å². The molecule has 0 bridgehead atoms. The average molecular weight is 434 g/mol. The zero-order valence-corrected chi connectivity index (χ0v) is 18.3. The van der Waals surface area contributed by atoms with Gasteiger partial charge in [0.2, 0.25) is 0 Å². The number of hydrogen-bond donors (Lipinski definition) is 1. The maximum absolute atomic E-state index is 13.4. The number of aliphatic imine (C=N–C) groups is 1. The average Bonchev–Trinajstić information content (AvgIpc) is 2.79. The van der Waals surface area contributed by atoms with Crippen molar-refractivity contribution in [2.45, 2.75) is 31.6 Å². The molecular weight excluding hydrogens is 406 g/mol. The molecule has 2 aromatic rings. The summed E-state index contributed by atoms with van der Waals surface area (Å²) in [5.41, 5.74) is 3.85. The maximum Gasteiger partial charge on any atom is 0.315 e. The van der Waals surface area contributed by atoms with E-state index < -0.39 is 17.8 Å². The summed E-state index contributed by atoms with van der Waals surface area (Å²) in [5, 5.41) is 9.76. The number of aromatic hydroxyl groups is 1. The Morgan fingerprint density at radius 3 is 2.44 bits per heavy atom. The molecule has 0 radical (unpaired) electrons. The number of methoxy groups -OCH3 is 1. The van der Waals surface area contributed by atoms with Gasteiger partial charge in [-0.2, -0.15) is 0 Å². The van der Waals surface area contributed by atoms with Gasteiger partial charge in [0.1, 0.15) is 18.3 Å². The summed E-state index contributed by atoms with van der Waals surface area (Å²) < 4.78 is 10.4. The molecule has 0 saturated carbocycles. The fraction of sp³-hybridized carbons (Fsp3) is 0.346. The molecule has 0 saturated heterocycles. The van der Waals surface area contributed by atoms with E-state index in [-0.39, 0.29) is 24.1 Å². The number of carbonyl (C=O) groups is 2. The number of benzene rings is 2. The van der Waals surface area contributed by atoms with Gasteiger partial charge in [0.05, 0.1) is 6.61 Å². The molecule has 32 heavy (non-hydrogen) atoms. The molecule has 1 N–H and O–H groups in total. The zero-order chi connectivity index (χ0) is 22.7. The van der Waals surface area contributed by atoms with Crippen molar-refractivity contribution in [1.29, 1.82) is 0 Å². The highest BCUT2D eigenvalue weighted by Gasteiger charge is 2.44. The lowest BCUT2D eigenvalue weighted by atomic mass is 9.69. The Morgan fingerprint density at radius 1 is 1.03 bits per heavy atom. The van der Waals surface area contributed by atoms with E-state index >= 15 is 0 Å². The second kappa shape index (κ2) is 9.49. The molecule has 4 rings (SSSR count). The highest BCUT2D eigenvalue weighted by atomic mass is 16.6. The van der Waals surface area contributed by atoms with Gasteiger partial charge in [0.15, 0.2) is 5.78 Å². The molecule has 3 atom stereocenters. The second-order valence-electron chi connectivity index (χ2n) is 8.26. The van der Waals surface area contributed by atoms with Crippen LogP contribution in [0, 0.1) is 5.92 Å². The van der Waals surface area contributed by atoms with E-state index in [1.165, 1.54) is 0 Å². The molecule has 1 aliphatic carbocycles. The lowest BCUT2D eigenvalue weighted by molar-refractivity contribution is -0.147. The minimum Gasteiger partial charge on any atom is -0.508 e. The Morgan fingerprint density at radius 2 is 1.75 bits per heavy atom. The van der Waals surface area contributed by atoms with E-state index in [1.807, 2.05) is 37.3 Å². The quantitative estimate of drug-likeness (QED) is 0.546. The van der Waals surface area contributed by atoms with Crippen LogP contribution in [0.4, 0.5) is 0 Å². The van der Waals surface area contributed by atoms with Crippen LogP contribution in [0.1, 0.15) is 42.7 Å². The van der Waals surface area contributed by atoms with Crippen LogP contribution < -0.4 is 0 Å². The van der Waals surface area contributed by atoms with E-state index in [0.29, 0.717) is 30.7 Å². The third-order valence-electron chi connectivity index (χ3n) is 6.20. The highest BCUT2D eigenvalue weighted by molar-refractivity contribution is 6.09. The Balaban J connectivity index is 1.74. The topological polar surface area (TPSA) is 85.2 Å². The number of carbonyl (C=O) groups excluding carboxylic acids is 2. The van der Waals surface area contributed by atoms with Crippen molar-refractivity contribution in [3.8, 4) is 5.75 Å². The molecule has 6 nitrogen and oxygen atoms in total. The van der Waals surface area contributed by atoms with Crippen LogP contribution in [0.3, 0.4) is 0 Å². The number of ether oxygens (including phenoxy) is 2. The molecule has 166 valence electrons. The molecule has 0 aromatic heterocycles. The normalized spacial score (nSPS) is 22.9. The van der Waals surface area contributed by atoms with Crippen molar-refractivity contribution in [1.82, 2.24) is 0 Å². The van der Waals surface area contributed by atoms with Crippen molar-refractivity contribution in [2.75, 3.05) is 20.3 Å². The van der Waals surface area contributed by atoms with Gasteiger partial charge in [0.25, 0.3) is 0 Å². The van der Waals surface area contributed by atoms with Crippen LogP contribution in [0.5, 0.6) is 5.75 Å². The van der Waals surface area contributed by atoms with Crippen LogP contribution >= 0.6 is 0 Å². The molecule has 0 amide bonds. The molecule has 6 heteroatoms. The van der Waals surface area contributed by atoms with Crippen LogP contribution in [0.15, 0.2) is 70.9 Å². The Bertz CT molecular complexity index is 1060. The van der Waals surface area contributed by atoms with Gasteiger partial charge in [0, 0.05) is 36.4 Å². The predicted molar refractivity (Wildman–Crippen MR) is 121 cm³/mol. The third kappa shape index (κ3) is 4.36. The summed E-state index contributed by atoms with van der Waals surface area (Å²) in [6.45, 7) is 2.25. The minimum atomic E-state index is -0.702. The first-order valence-electron chi connectivity index (χ1n) is 10.8. The Kier molecular flexibility index (Phi) is 6.51. The molecule has 1 heterocycles. The minimum absolute atomic E-state index is 0.00381. The van der Waals surface area contributed by atoms with Crippen molar-refractivity contribution in [2.24, 2.45) is 10.9 Å². The van der Waals surface area contributed by atoms with E-state index in [1.54, 1.807) is 31.4 Å². The second-order valence-corrected chi connectivity index (χ2v) is 8.26. The number of nitrogens with zero attached hydrogens (tertiary/aromatic N) is 1. The molecular formula is C26H27NO5. The van der Waals surface area contributed by atoms with Gasteiger partial charge in [-0.05, 0) is 42.5 Å². The highest BCUT2D eigenvalue weighted by Crippen LogP contribution is 2.46. The van der Waals surface area contributed by atoms with E-state index in [9.17, 15) is 14.7 Å². The van der Waals surface area contributed by atoms with Crippen LogP contribution in [-0.4, -0.2) is 42.9 Å². The van der Waals surface area contributed by atoms with Gasteiger partial charge in [-0.15, -0.1) is 0 Å². The summed E-state index contributed by atoms with van der Waals surface area (Å²) in [6, 6.07) is 16.7. The van der Waals surface area contributed by atoms with Crippen molar-refractivity contribution in [3.63, 3.8) is 0 Å². The number of hydrogen-bond acceptors (Lipinski definition) is 6. The van der Waals surface area contributed by atoms with E-state index in [2.05, 4.69) is 0 Å². The van der Waals surface area contributed by atoms with Gasteiger partial charge in [-0.25, -0.2) is 0 Å². The number of phenols is 1. The summed E-state index contributed by atoms with van der Waals surface area (Å²) >= 11 is 0. The monoisotopic (exact) mass is 433 g/mol. The first kappa shape index (κ1) is 22.0. The summed E-state index contributed by atoms with van der Waals surface area (Å²) in [4.78, 5) is 31.3.